The number of benzene rings is 3. The third kappa shape index (κ3) is 3.51. The lowest BCUT2D eigenvalue weighted by Gasteiger charge is -2.38. The Bertz CT molecular complexity index is 1180. The van der Waals surface area contributed by atoms with Crippen molar-refractivity contribution < 1.29 is 19.0 Å². The number of carbonyl (C=O) groups is 1. The van der Waals surface area contributed by atoms with Crippen molar-refractivity contribution in [1.29, 1.82) is 0 Å². The summed E-state index contributed by atoms with van der Waals surface area (Å²) in [5, 5.41) is 3.50. The number of hydrogen-bond acceptors (Lipinski definition) is 5. The fourth-order valence-corrected chi connectivity index (χ4v) is 3.89. The Morgan fingerprint density at radius 2 is 1.87 bits per heavy atom. The van der Waals surface area contributed by atoms with Crippen LogP contribution in [0.1, 0.15) is 27.7 Å². The van der Waals surface area contributed by atoms with E-state index in [2.05, 4.69) is 11.2 Å². The first kappa shape index (κ1) is 18.9. The van der Waals surface area contributed by atoms with Crippen LogP contribution in [0, 0.1) is 12.3 Å². The van der Waals surface area contributed by atoms with Gasteiger partial charge in [0, 0.05) is 17.8 Å². The van der Waals surface area contributed by atoms with Crippen LogP contribution in [0.3, 0.4) is 0 Å². The third-order valence-corrected chi connectivity index (χ3v) is 5.34. The molecule has 0 saturated carbocycles. The first-order valence-electron chi connectivity index (χ1n) is 9.95. The second kappa shape index (κ2) is 7.96. The Morgan fingerprint density at radius 1 is 1.06 bits per heavy atom. The molecule has 2 heterocycles. The zero-order chi connectivity index (χ0) is 21.2. The Balaban J connectivity index is 1.55. The van der Waals surface area contributed by atoms with Crippen LogP contribution in [0.5, 0.6) is 17.2 Å². The summed E-state index contributed by atoms with van der Waals surface area (Å²) in [6.07, 6.45) is 4.96. The molecule has 0 aliphatic carbocycles. The zero-order valence-electron chi connectivity index (χ0n) is 16.7. The van der Waals surface area contributed by atoms with Crippen LogP contribution >= 0.6 is 0 Å². The van der Waals surface area contributed by atoms with Crippen molar-refractivity contribution in [2.45, 2.75) is 12.7 Å². The summed E-state index contributed by atoms with van der Waals surface area (Å²) in [6, 6.07) is 20.8. The number of amides is 1. The molecule has 0 radical (unpaired) electrons. The van der Waals surface area contributed by atoms with Crippen LogP contribution in [0.25, 0.3) is 0 Å². The molecule has 0 spiro atoms. The predicted octanol–water partition coefficient (Wildman–Crippen LogP) is 4.19. The highest BCUT2D eigenvalue weighted by molar-refractivity contribution is 6.01. The summed E-state index contributed by atoms with van der Waals surface area (Å²) in [5.41, 5.74) is 3.18. The SMILES string of the molecule is C#CCOc1ccccc1[C@@H]1Nc2ccccc2C(=O)N1Cc1ccc2c(c1)OCO2. The van der Waals surface area contributed by atoms with Crippen LogP contribution in [0.2, 0.25) is 0 Å². The lowest BCUT2D eigenvalue weighted by molar-refractivity contribution is 0.0664. The van der Waals surface area contributed by atoms with E-state index in [1.54, 1.807) is 4.90 Å². The monoisotopic (exact) mass is 412 g/mol. The van der Waals surface area contributed by atoms with E-state index in [4.69, 9.17) is 20.6 Å². The van der Waals surface area contributed by atoms with Crippen LogP contribution in [-0.4, -0.2) is 24.2 Å². The fraction of sp³-hybridized carbons (Fsp3) is 0.160. The number of nitrogens with zero attached hydrogens (tertiary/aromatic N) is 1. The molecule has 1 amide bonds. The minimum Gasteiger partial charge on any atom is -0.481 e. The van der Waals surface area contributed by atoms with Crippen molar-refractivity contribution in [3.05, 3.63) is 83.4 Å². The normalized spacial score (nSPS) is 16.3. The molecule has 0 unspecified atom stereocenters. The number of ether oxygens (including phenoxy) is 3. The van der Waals surface area contributed by atoms with E-state index in [-0.39, 0.29) is 19.3 Å². The second-order valence-electron chi connectivity index (χ2n) is 7.24. The van der Waals surface area contributed by atoms with Gasteiger partial charge < -0.3 is 24.4 Å². The van der Waals surface area contributed by atoms with Gasteiger partial charge in [-0.2, -0.15) is 0 Å². The fourth-order valence-electron chi connectivity index (χ4n) is 3.89. The molecular weight excluding hydrogens is 392 g/mol. The van der Waals surface area contributed by atoms with E-state index >= 15 is 0 Å². The van der Waals surface area contributed by atoms with Crippen LogP contribution in [0.15, 0.2) is 66.7 Å². The summed E-state index contributed by atoms with van der Waals surface area (Å²) in [6.45, 7) is 0.736. The summed E-state index contributed by atoms with van der Waals surface area (Å²) < 4.78 is 16.7. The van der Waals surface area contributed by atoms with E-state index in [1.807, 2.05) is 66.7 Å². The third-order valence-electron chi connectivity index (χ3n) is 5.34. The number of anilines is 1. The maximum Gasteiger partial charge on any atom is 0.258 e. The minimum atomic E-state index is -0.429. The van der Waals surface area contributed by atoms with Crippen molar-refractivity contribution in [2.24, 2.45) is 0 Å². The topological polar surface area (TPSA) is 60.0 Å². The number of rotatable bonds is 5. The summed E-state index contributed by atoms with van der Waals surface area (Å²) in [4.78, 5) is 15.3. The lowest BCUT2D eigenvalue weighted by Crippen LogP contribution is -2.42. The van der Waals surface area contributed by atoms with Crippen molar-refractivity contribution in [2.75, 3.05) is 18.7 Å². The maximum absolute atomic E-state index is 13.5. The second-order valence-corrected chi connectivity index (χ2v) is 7.24. The van der Waals surface area contributed by atoms with Gasteiger partial charge in [0.05, 0.1) is 5.56 Å². The molecule has 0 bridgehead atoms. The predicted molar refractivity (Wildman–Crippen MR) is 116 cm³/mol. The van der Waals surface area contributed by atoms with E-state index in [9.17, 15) is 4.79 Å². The molecule has 1 atom stereocenters. The number of carbonyl (C=O) groups excluding carboxylic acids is 1. The maximum atomic E-state index is 13.5. The van der Waals surface area contributed by atoms with Crippen molar-refractivity contribution in [1.82, 2.24) is 4.90 Å². The molecule has 6 nitrogen and oxygen atoms in total. The number of terminal acetylenes is 1. The average Bonchev–Trinajstić information content (AvgIpc) is 3.28. The van der Waals surface area contributed by atoms with Crippen molar-refractivity contribution in [3.63, 3.8) is 0 Å². The van der Waals surface area contributed by atoms with Gasteiger partial charge in [0.25, 0.3) is 5.91 Å². The summed E-state index contributed by atoms with van der Waals surface area (Å²) in [7, 11) is 0. The first-order valence-corrected chi connectivity index (χ1v) is 9.95. The van der Waals surface area contributed by atoms with Gasteiger partial charge in [-0.1, -0.05) is 42.3 Å². The van der Waals surface area contributed by atoms with E-state index < -0.39 is 6.17 Å². The zero-order valence-corrected chi connectivity index (χ0v) is 16.7. The molecule has 2 aliphatic heterocycles. The number of fused-ring (bicyclic) bond motifs is 2. The van der Waals surface area contributed by atoms with Gasteiger partial charge >= 0.3 is 0 Å². The standard InChI is InChI=1S/C25H20N2O4/c1-2-13-29-21-10-6-4-8-19(21)24-26-20-9-5-3-7-18(20)25(28)27(24)15-17-11-12-22-23(14-17)31-16-30-22/h1,3-12,14,24,26H,13,15-16H2/t24-/m1/s1. The van der Waals surface area contributed by atoms with Gasteiger partial charge in [-0.3, -0.25) is 4.79 Å². The molecule has 2 aliphatic rings. The van der Waals surface area contributed by atoms with Gasteiger partial charge in [0.2, 0.25) is 6.79 Å². The van der Waals surface area contributed by atoms with E-state index in [0.717, 1.165) is 16.8 Å². The van der Waals surface area contributed by atoms with Gasteiger partial charge in [0.1, 0.15) is 18.5 Å². The Hall–Kier alpha value is -4.11. The van der Waals surface area contributed by atoms with Crippen LogP contribution in [-0.2, 0) is 6.54 Å². The highest BCUT2D eigenvalue weighted by atomic mass is 16.7. The average molecular weight is 412 g/mol. The number of hydrogen-bond donors (Lipinski definition) is 1. The van der Waals surface area contributed by atoms with Crippen molar-refractivity contribution in [3.8, 4) is 29.6 Å². The molecule has 5 rings (SSSR count). The molecule has 3 aromatic carbocycles. The van der Waals surface area contributed by atoms with Crippen molar-refractivity contribution >= 4 is 11.6 Å². The molecule has 1 N–H and O–H groups in total. The smallest absolute Gasteiger partial charge is 0.258 e. The Kier molecular flexibility index (Phi) is 4.85. The van der Waals surface area contributed by atoms with Gasteiger partial charge in [-0.05, 0) is 35.9 Å². The highest BCUT2D eigenvalue weighted by Gasteiger charge is 2.34. The molecule has 0 fully saturated rings. The molecule has 6 heteroatoms. The highest BCUT2D eigenvalue weighted by Crippen LogP contribution is 2.39. The molecule has 0 aromatic heterocycles. The lowest BCUT2D eigenvalue weighted by atomic mass is 10.0. The Labute approximate surface area is 180 Å². The summed E-state index contributed by atoms with van der Waals surface area (Å²) >= 11 is 0. The van der Waals surface area contributed by atoms with E-state index in [1.165, 1.54) is 0 Å². The molecule has 0 saturated heterocycles. The van der Waals surface area contributed by atoms with E-state index in [0.29, 0.717) is 29.4 Å². The quantitative estimate of drug-likeness (QED) is 0.637. The first-order chi connectivity index (χ1) is 15.2. The summed E-state index contributed by atoms with van der Waals surface area (Å²) in [5.74, 6) is 4.47. The van der Waals surface area contributed by atoms with Gasteiger partial charge in [-0.25, -0.2) is 0 Å². The van der Waals surface area contributed by atoms with Gasteiger partial charge in [-0.15, -0.1) is 6.42 Å². The number of nitrogens with one attached hydrogen (secondary N) is 1. The minimum absolute atomic E-state index is 0.0660. The largest absolute Gasteiger partial charge is 0.481 e. The van der Waals surface area contributed by atoms with Crippen LogP contribution in [0.4, 0.5) is 5.69 Å². The Morgan fingerprint density at radius 3 is 2.77 bits per heavy atom. The molecule has 154 valence electrons. The molecule has 31 heavy (non-hydrogen) atoms. The molecule has 3 aromatic rings. The van der Waals surface area contributed by atoms with Gasteiger partial charge in [0.15, 0.2) is 11.5 Å². The molecular formula is C25H20N2O4. The van der Waals surface area contributed by atoms with Crippen LogP contribution < -0.4 is 19.5 Å². The number of para-hydroxylation sites is 2.